The van der Waals surface area contributed by atoms with Crippen LogP contribution in [0.1, 0.15) is 45.6 Å². The van der Waals surface area contributed by atoms with E-state index in [2.05, 4.69) is 31.4 Å². The minimum absolute atomic E-state index is 0.125. The number of nitrogens with one attached hydrogen (secondary N) is 2. The van der Waals surface area contributed by atoms with Crippen molar-refractivity contribution in [3.8, 4) is 5.75 Å². The number of carbonyl (C=O) groups is 1. The van der Waals surface area contributed by atoms with Gasteiger partial charge in [-0.05, 0) is 44.7 Å². The molecule has 0 radical (unpaired) electrons. The molecule has 0 aromatic heterocycles. The summed E-state index contributed by atoms with van der Waals surface area (Å²) in [5, 5.41) is 6.46. The highest BCUT2D eigenvalue weighted by molar-refractivity contribution is 5.78. The first-order chi connectivity index (χ1) is 11.1. The first-order valence-corrected chi connectivity index (χ1v) is 8.78. The number of para-hydroxylation sites is 1. The summed E-state index contributed by atoms with van der Waals surface area (Å²) in [7, 11) is 0. The van der Waals surface area contributed by atoms with E-state index in [1.165, 1.54) is 0 Å². The van der Waals surface area contributed by atoms with Gasteiger partial charge < -0.3 is 15.4 Å². The van der Waals surface area contributed by atoms with Crippen LogP contribution in [-0.2, 0) is 11.3 Å². The second kappa shape index (κ2) is 8.92. The summed E-state index contributed by atoms with van der Waals surface area (Å²) in [5.41, 5.74) is 1.05. The molecule has 0 unspecified atom stereocenters. The van der Waals surface area contributed by atoms with Gasteiger partial charge in [0.15, 0.2) is 0 Å². The molecule has 1 aliphatic rings. The molecule has 1 aromatic rings. The standard InChI is InChI=1S/C19H30N2O2/c1-14(2)9-11-23-18-7-5-4-6-17(18)13-21-19(22)16-8-10-20-15(3)12-16/h4-7,14-16,20H,8-13H2,1-3H3,(H,21,22)/t15-,16-/m0/s1. The quantitative estimate of drug-likeness (QED) is 0.812. The fourth-order valence-corrected chi connectivity index (χ4v) is 2.89. The highest BCUT2D eigenvalue weighted by atomic mass is 16.5. The van der Waals surface area contributed by atoms with Gasteiger partial charge in [0.05, 0.1) is 6.61 Å². The van der Waals surface area contributed by atoms with Gasteiger partial charge in [-0.3, -0.25) is 4.79 Å². The van der Waals surface area contributed by atoms with Crippen molar-refractivity contribution in [1.29, 1.82) is 0 Å². The summed E-state index contributed by atoms with van der Waals surface area (Å²) in [6.07, 6.45) is 2.87. The third-order valence-corrected chi connectivity index (χ3v) is 4.37. The molecule has 0 bridgehead atoms. The number of carbonyl (C=O) groups excluding carboxylic acids is 1. The number of hydrogen-bond acceptors (Lipinski definition) is 3. The normalized spacial score (nSPS) is 21.2. The van der Waals surface area contributed by atoms with Crippen molar-refractivity contribution in [2.24, 2.45) is 11.8 Å². The highest BCUT2D eigenvalue weighted by Gasteiger charge is 2.24. The Bertz CT molecular complexity index is 502. The van der Waals surface area contributed by atoms with Gasteiger partial charge >= 0.3 is 0 Å². The molecule has 2 N–H and O–H groups in total. The molecule has 1 aromatic carbocycles. The van der Waals surface area contributed by atoms with Crippen molar-refractivity contribution >= 4 is 5.91 Å². The van der Waals surface area contributed by atoms with Gasteiger partial charge in [-0.1, -0.05) is 32.0 Å². The maximum absolute atomic E-state index is 12.4. The summed E-state index contributed by atoms with van der Waals surface area (Å²) in [5.74, 6) is 1.80. The van der Waals surface area contributed by atoms with Gasteiger partial charge in [0.1, 0.15) is 5.75 Å². The molecule has 0 aliphatic carbocycles. The number of hydrogen-bond donors (Lipinski definition) is 2. The van der Waals surface area contributed by atoms with Crippen LogP contribution >= 0.6 is 0 Å². The average molecular weight is 318 g/mol. The Morgan fingerprint density at radius 2 is 2.17 bits per heavy atom. The Balaban J connectivity index is 1.86. The Kier molecular flexibility index (Phi) is 6.90. The van der Waals surface area contributed by atoms with Crippen molar-refractivity contribution in [2.75, 3.05) is 13.2 Å². The zero-order chi connectivity index (χ0) is 16.7. The minimum atomic E-state index is 0.125. The van der Waals surface area contributed by atoms with Gasteiger partial charge in [-0.2, -0.15) is 0 Å². The number of amides is 1. The summed E-state index contributed by atoms with van der Waals surface area (Å²) >= 11 is 0. The highest BCUT2D eigenvalue weighted by Crippen LogP contribution is 2.20. The zero-order valence-corrected chi connectivity index (χ0v) is 14.6. The second-order valence-corrected chi connectivity index (χ2v) is 6.93. The molecule has 4 nitrogen and oxygen atoms in total. The lowest BCUT2D eigenvalue weighted by molar-refractivity contribution is -0.126. The van der Waals surface area contributed by atoms with Crippen LogP contribution in [0.4, 0.5) is 0 Å². The molecule has 1 amide bonds. The van der Waals surface area contributed by atoms with Gasteiger partial charge in [0.25, 0.3) is 0 Å². The fraction of sp³-hybridized carbons (Fsp3) is 0.632. The molecule has 1 heterocycles. The summed E-state index contributed by atoms with van der Waals surface area (Å²) in [6.45, 7) is 8.69. The monoisotopic (exact) mass is 318 g/mol. The van der Waals surface area contributed by atoms with Gasteiger partial charge in [0, 0.05) is 24.1 Å². The van der Waals surface area contributed by atoms with Crippen LogP contribution in [0.3, 0.4) is 0 Å². The van der Waals surface area contributed by atoms with Crippen molar-refractivity contribution < 1.29 is 9.53 Å². The van der Waals surface area contributed by atoms with E-state index in [1.807, 2.05) is 24.3 Å². The molecule has 23 heavy (non-hydrogen) atoms. The SMILES string of the molecule is CC(C)CCOc1ccccc1CNC(=O)[C@H]1CCN[C@@H](C)C1. The number of benzene rings is 1. The van der Waals surface area contributed by atoms with Crippen LogP contribution < -0.4 is 15.4 Å². The predicted molar refractivity (Wildman–Crippen MR) is 93.4 cm³/mol. The van der Waals surface area contributed by atoms with Crippen LogP contribution in [-0.4, -0.2) is 25.1 Å². The van der Waals surface area contributed by atoms with E-state index >= 15 is 0 Å². The Labute approximate surface area is 140 Å². The van der Waals surface area contributed by atoms with Gasteiger partial charge in [0.2, 0.25) is 5.91 Å². The molecule has 2 atom stereocenters. The molecule has 4 heteroatoms. The summed E-state index contributed by atoms with van der Waals surface area (Å²) in [4.78, 5) is 12.4. The van der Waals surface area contributed by atoms with E-state index in [4.69, 9.17) is 4.74 Å². The fourth-order valence-electron chi connectivity index (χ4n) is 2.89. The van der Waals surface area contributed by atoms with Crippen LogP contribution in [0, 0.1) is 11.8 Å². The molecule has 1 aliphatic heterocycles. The zero-order valence-electron chi connectivity index (χ0n) is 14.6. The second-order valence-electron chi connectivity index (χ2n) is 6.93. The van der Waals surface area contributed by atoms with Crippen molar-refractivity contribution in [3.05, 3.63) is 29.8 Å². The Hall–Kier alpha value is -1.55. The molecule has 2 rings (SSSR count). The number of ether oxygens (including phenoxy) is 1. The van der Waals surface area contributed by atoms with Crippen LogP contribution in [0.25, 0.3) is 0 Å². The molecular weight excluding hydrogens is 288 g/mol. The molecule has 1 fully saturated rings. The Morgan fingerprint density at radius 1 is 1.39 bits per heavy atom. The minimum Gasteiger partial charge on any atom is -0.493 e. The lowest BCUT2D eigenvalue weighted by Crippen LogP contribution is -2.42. The van der Waals surface area contributed by atoms with Crippen LogP contribution in [0.15, 0.2) is 24.3 Å². The summed E-state index contributed by atoms with van der Waals surface area (Å²) < 4.78 is 5.88. The molecular formula is C19H30N2O2. The van der Waals surface area contributed by atoms with E-state index in [0.717, 1.165) is 37.1 Å². The van der Waals surface area contributed by atoms with E-state index in [0.29, 0.717) is 25.1 Å². The first-order valence-electron chi connectivity index (χ1n) is 8.78. The average Bonchev–Trinajstić information content (AvgIpc) is 2.53. The third-order valence-electron chi connectivity index (χ3n) is 4.37. The van der Waals surface area contributed by atoms with E-state index in [-0.39, 0.29) is 11.8 Å². The first kappa shape index (κ1) is 17.8. The molecule has 1 saturated heterocycles. The van der Waals surface area contributed by atoms with E-state index in [9.17, 15) is 4.79 Å². The number of rotatable bonds is 7. The maximum Gasteiger partial charge on any atom is 0.223 e. The van der Waals surface area contributed by atoms with Gasteiger partial charge in [-0.15, -0.1) is 0 Å². The van der Waals surface area contributed by atoms with Gasteiger partial charge in [-0.25, -0.2) is 0 Å². The lowest BCUT2D eigenvalue weighted by atomic mass is 9.92. The topological polar surface area (TPSA) is 50.4 Å². The van der Waals surface area contributed by atoms with Crippen molar-refractivity contribution in [2.45, 2.75) is 52.6 Å². The van der Waals surface area contributed by atoms with Crippen molar-refractivity contribution in [3.63, 3.8) is 0 Å². The maximum atomic E-state index is 12.4. The Morgan fingerprint density at radius 3 is 2.91 bits per heavy atom. The summed E-state index contributed by atoms with van der Waals surface area (Å²) in [6, 6.07) is 8.39. The van der Waals surface area contributed by atoms with E-state index in [1.54, 1.807) is 0 Å². The lowest BCUT2D eigenvalue weighted by Gasteiger charge is -2.27. The molecule has 0 saturated carbocycles. The predicted octanol–water partition coefficient (Wildman–Crippen LogP) is 3.12. The smallest absolute Gasteiger partial charge is 0.223 e. The van der Waals surface area contributed by atoms with Crippen molar-refractivity contribution in [1.82, 2.24) is 10.6 Å². The van der Waals surface area contributed by atoms with Crippen LogP contribution in [0.2, 0.25) is 0 Å². The third kappa shape index (κ3) is 5.87. The molecule has 0 spiro atoms. The number of piperidine rings is 1. The largest absolute Gasteiger partial charge is 0.493 e. The van der Waals surface area contributed by atoms with E-state index < -0.39 is 0 Å². The van der Waals surface area contributed by atoms with Crippen LogP contribution in [0.5, 0.6) is 5.75 Å². The molecule has 128 valence electrons.